The highest BCUT2D eigenvalue weighted by Crippen LogP contribution is 2.20. The molecule has 0 unspecified atom stereocenters. The summed E-state index contributed by atoms with van der Waals surface area (Å²) >= 11 is 0. The van der Waals surface area contributed by atoms with Gasteiger partial charge in [-0.2, -0.15) is 5.10 Å². The molecule has 2 aromatic rings. The van der Waals surface area contributed by atoms with Crippen molar-refractivity contribution in [2.75, 3.05) is 19.6 Å². The second kappa shape index (κ2) is 6.04. The Kier molecular flexibility index (Phi) is 4.11. The zero-order chi connectivity index (χ0) is 15.6. The van der Waals surface area contributed by atoms with Gasteiger partial charge in [-0.15, -0.1) is 0 Å². The molecule has 1 aliphatic rings. The van der Waals surface area contributed by atoms with Crippen molar-refractivity contribution in [2.24, 2.45) is 0 Å². The van der Waals surface area contributed by atoms with E-state index in [1.54, 1.807) is 29.2 Å². The Bertz CT molecular complexity index is 657. The van der Waals surface area contributed by atoms with Crippen LogP contribution in [0.2, 0.25) is 0 Å². The van der Waals surface area contributed by atoms with Crippen LogP contribution in [0, 0.1) is 0 Å². The van der Waals surface area contributed by atoms with E-state index in [0.29, 0.717) is 17.8 Å². The Labute approximate surface area is 130 Å². The standard InChI is InChI=1S/C16H23N5O/c1-16(2,20-8-4-3-5-9-20)12-18-15(22)13-11-19-21-10-6-7-17-14(13)21/h6-7,10-11H,3-5,8-9,12H2,1-2H3,(H,18,22). The van der Waals surface area contributed by atoms with Crippen LogP contribution >= 0.6 is 0 Å². The van der Waals surface area contributed by atoms with E-state index in [2.05, 4.69) is 34.1 Å². The number of nitrogens with zero attached hydrogens (tertiary/aromatic N) is 4. The first-order valence-corrected chi connectivity index (χ1v) is 7.89. The van der Waals surface area contributed by atoms with Gasteiger partial charge in [-0.25, -0.2) is 9.50 Å². The molecule has 1 N–H and O–H groups in total. The number of aromatic nitrogens is 3. The Hall–Kier alpha value is -1.95. The van der Waals surface area contributed by atoms with Gasteiger partial charge in [0.2, 0.25) is 0 Å². The van der Waals surface area contributed by atoms with E-state index in [0.717, 1.165) is 13.1 Å². The first-order chi connectivity index (χ1) is 10.6. The number of piperidine rings is 1. The van der Waals surface area contributed by atoms with Crippen molar-refractivity contribution in [3.05, 3.63) is 30.2 Å². The van der Waals surface area contributed by atoms with Gasteiger partial charge in [-0.05, 0) is 45.8 Å². The zero-order valence-corrected chi connectivity index (χ0v) is 13.2. The second-order valence-electron chi connectivity index (χ2n) is 6.49. The van der Waals surface area contributed by atoms with E-state index in [9.17, 15) is 4.79 Å². The first-order valence-electron chi connectivity index (χ1n) is 7.89. The number of rotatable bonds is 4. The molecule has 118 valence electrons. The van der Waals surface area contributed by atoms with Crippen molar-refractivity contribution in [3.63, 3.8) is 0 Å². The molecular weight excluding hydrogens is 278 g/mol. The molecular formula is C16H23N5O. The highest BCUT2D eigenvalue weighted by Gasteiger charge is 2.28. The monoisotopic (exact) mass is 301 g/mol. The van der Waals surface area contributed by atoms with Crippen molar-refractivity contribution in [2.45, 2.75) is 38.6 Å². The summed E-state index contributed by atoms with van der Waals surface area (Å²) in [6, 6.07) is 1.79. The summed E-state index contributed by atoms with van der Waals surface area (Å²) in [5.41, 5.74) is 1.08. The quantitative estimate of drug-likeness (QED) is 0.934. The Morgan fingerprint density at radius 3 is 2.86 bits per heavy atom. The molecule has 0 aliphatic carbocycles. The summed E-state index contributed by atoms with van der Waals surface area (Å²) in [7, 11) is 0. The third kappa shape index (κ3) is 2.97. The summed E-state index contributed by atoms with van der Waals surface area (Å²) in [5, 5.41) is 7.20. The Morgan fingerprint density at radius 2 is 2.09 bits per heavy atom. The van der Waals surface area contributed by atoms with E-state index in [-0.39, 0.29) is 11.4 Å². The average Bonchev–Trinajstić information content (AvgIpc) is 2.98. The lowest BCUT2D eigenvalue weighted by molar-refractivity contribution is 0.0798. The number of fused-ring (bicyclic) bond motifs is 1. The van der Waals surface area contributed by atoms with Crippen LogP contribution in [0.3, 0.4) is 0 Å². The molecule has 1 aliphatic heterocycles. The van der Waals surface area contributed by atoms with E-state index in [4.69, 9.17) is 0 Å². The van der Waals surface area contributed by atoms with E-state index in [1.165, 1.54) is 19.3 Å². The number of nitrogens with one attached hydrogen (secondary N) is 1. The highest BCUT2D eigenvalue weighted by molar-refractivity contribution is 5.99. The van der Waals surface area contributed by atoms with Crippen LogP contribution < -0.4 is 5.32 Å². The van der Waals surface area contributed by atoms with Crippen LogP contribution in [0.25, 0.3) is 5.65 Å². The van der Waals surface area contributed by atoms with Crippen molar-refractivity contribution in [1.82, 2.24) is 24.8 Å². The zero-order valence-electron chi connectivity index (χ0n) is 13.2. The lowest BCUT2D eigenvalue weighted by Crippen LogP contribution is -2.53. The van der Waals surface area contributed by atoms with Crippen molar-refractivity contribution in [3.8, 4) is 0 Å². The van der Waals surface area contributed by atoms with Crippen molar-refractivity contribution in [1.29, 1.82) is 0 Å². The van der Waals surface area contributed by atoms with E-state index < -0.39 is 0 Å². The summed E-state index contributed by atoms with van der Waals surface area (Å²) < 4.78 is 1.62. The highest BCUT2D eigenvalue weighted by atomic mass is 16.1. The number of hydrogen-bond donors (Lipinski definition) is 1. The molecule has 1 saturated heterocycles. The fourth-order valence-corrected chi connectivity index (χ4v) is 2.99. The summed E-state index contributed by atoms with van der Waals surface area (Å²) in [6.45, 7) is 7.22. The summed E-state index contributed by atoms with van der Waals surface area (Å²) in [4.78, 5) is 19.1. The van der Waals surface area contributed by atoms with Crippen LogP contribution in [0.4, 0.5) is 0 Å². The van der Waals surface area contributed by atoms with Gasteiger partial charge in [-0.3, -0.25) is 9.69 Å². The molecule has 3 heterocycles. The average molecular weight is 301 g/mol. The Balaban J connectivity index is 1.66. The molecule has 1 fully saturated rings. The fourth-order valence-electron chi connectivity index (χ4n) is 2.99. The van der Waals surface area contributed by atoms with E-state index >= 15 is 0 Å². The second-order valence-corrected chi connectivity index (χ2v) is 6.49. The van der Waals surface area contributed by atoms with Crippen LogP contribution in [0.1, 0.15) is 43.5 Å². The van der Waals surface area contributed by atoms with Crippen LogP contribution in [-0.4, -0.2) is 50.6 Å². The molecule has 3 rings (SSSR count). The van der Waals surface area contributed by atoms with Crippen LogP contribution in [-0.2, 0) is 0 Å². The van der Waals surface area contributed by atoms with Crippen molar-refractivity contribution >= 4 is 11.6 Å². The number of hydrogen-bond acceptors (Lipinski definition) is 4. The molecule has 0 spiro atoms. The summed E-state index contributed by atoms with van der Waals surface area (Å²) in [5.74, 6) is -0.112. The number of likely N-dealkylation sites (tertiary alicyclic amines) is 1. The molecule has 2 aromatic heterocycles. The third-order valence-electron chi connectivity index (χ3n) is 4.42. The van der Waals surface area contributed by atoms with Crippen molar-refractivity contribution < 1.29 is 4.79 Å². The van der Waals surface area contributed by atoms with Gasteiger partial charge in [0.25, 0.3) is 5.91 Å². The SMILES string of the molecule is CC(C)(CNC(=O)c1cnn2cccnc12)N1CCCCC1. The van der Waals surface area contributed by atoms with Crippen LogP contribution in [0.5, 0.6) is 0 Å². The van der Waals surface area contributed by atoms with Gasteiger partial charge in [-0.1, -0.05) is 6.42 Å². The van der Waals surface area contributed by atoms with Gasteiger partial charge < -0.3 is 5.32 Å². The number of carbonyl (C=O) groups excluding carboxylic acids is 1. The molecule has 0 aromatic carbocycles. The van der Waals surface area contributed by atoms with E-state index in [1.807, 2.05) is 0 Å². The lowest BCUT2D eigenvalue weighted by Gasteiger charge is -2.41. The maximum Gasteiger partial charge on any atom is 0.256 e. The van der Waals surface area contributed by atoms with Gasteiger partial charge in [0.1, 0.15) is 5.56 Å². The minimum absolute atomic E-state index is 0.0352. The molecule has 1 amide bonds. The summed E-state index contributed by atoms with van der Waals surface area (Å²) in [6.07, 6.45) is 8.84. The minimum Gasteiger partial charge on any atom is -0.350 e. The molecule has 0 atom stereocenters. The molecule has 22 heavy (non-hydrogen) atoms. The normalized spacial score (nSPS) is 16.8. The Morgan fingerprint density at radius 1 is 1.32 bits per heavy atom. The smallest absolute Gasteiger partial charge is 0.256 e. The topological polar surface area (TPSA) is 62.5 Å². The molecule has 0 saturated carbocycles. The predicted molar refractivity (Wildman–Crippen MR) is 84.8 cm³/mol. The molecule has 0 radical (unpaired) electrons. The molecule has 6 heteroatoms. The maximum absolute atomic E-state index is 12.4. The fraction of sp³-hybridized carbons (Fsp3) is 0.562. The maximum atomic E-state index is 12.4. The van der Waals surface area contributed by atoms with Gasteiger partial charge in [0, 0.05) is 24.5 Å². The molecule has 0 bridgehead atoms. The lowest BCUT2D eigenvalue weighted by atomic mass is 9.98. The largest absolute Gasteiger partial charge is 0.350 e. The van der Waals surface area contributed by atoms with Gasteiger partial charge in [0.15, 0.2) is 5.65 Å². The first kappa shape index (κ1) is 15.0. The van der Waals surface area contributed by atoms with Gasteiger partial charge >= 0.3 is 0 Å². The van der Waals surface area contributed by atoms with Crippen LogP contribution in [0.15, 0.2) is 24.7 Å². The van der Waals surface area contributed by atoms with Gasteiger partial charge in [0.05, 0.1) is 6.20 Å². The third-order valence-corrected chi connectivity index (χ3v) is 4.42. The minimum atomic E-state index is -0.112. The number of amides is 1. The molecule has 6 nitrogen and oxygen atoms in total. The predicted octanol–water partition coefficient (Wildman–Crippen LogP) is 1.72. The number of carbonyl (C=O) groups is 1.